The summed E-state index contributed by atoms with van der Waals surface area (Å²) in [7, 11) is 0. The van der Waals surface area contributed by atoms with Crippen molar-refractivity contribution in [2.75, 3.05) is 5.32 Å². The van der Waals surface area contributed by atoms with Crippen LogP contribution in [-0.2, 0) is 9.59 Å². The van der Waals surface area contributed by atoms with E-state index >= 15 is 0 Å². The Morgan fingerprint density at radius 1 is 1.26 bits per heavy atom. The number of thiazole rings is 1. The topological polar surface area (TPSA) is 88.2 Å². The number of anilines is 1. The van der Waals surface area contributed by atoms with Gasteiger partial charge in [0.15, 0.2) is 10.9 Å². The molecule has 2 amide bonds. The monoisotopic (exact) mass is 283 g/mol. The molecule has 1 atom stereocenters. The van der Waals surface area contributed by atoms with Crippen molar-refractivity contribution in [2.45, 2.75) is 33.7 Å². The van der Waals surface area contributed by atoms with Crippen LogP contribution in [-0.4, -0.2) is 28.6 Å². The predicted octanol–water partition coefficient (Wildman–Crippen LogP) is 1.44. The lowest BCUT2D eigenvalue weighted by molar-refractivity contribution is -0.126. The quantitative estimate of drug-likeness (QED) is 0.800. The minimum absolute atomic E-state index is 0.0452. The molecule has 0 bridgehead atoms. The summed E-state index contributed by atoms with van der Waals surface area (Å²) in [5, 5.41) is 7.13. The second-order valence-electron chi connectivity index (χ2n) is 4.51. The maximum atomic E-state index is 12.0. The van der Waals surface area contributed by atoms with Crippen molar-refractivity contribution in [2.24, 2.45) is 5.92 Å². The summed E-state index contributed by atoms with van der Waals surface area (Å²) < 4.78 is 0. The highest BCUT2D eigenvalue weighted by molar-refractivity contribution is 7.14. The Morgan fingerprint density at radius 3 is 2.32 bits per heavy atom. The highest BCUT2D eigenvalue weighted by atomic mass is 32.1. The van der Waals surface area contributed by atoms with Gasteiger partial charge in [0.1, 0.15) is 11.7 Å². The number of aromatic nitrogens is 1. The van der Waals surface area contributed by atoms with E-state index in [1.54, 1.807) is 5.38 Å². The van der Waals surface area contributed by atoms with Gasteiger partial charge in [-0.2, -0.15) is 0 Å². The van der Waals surface area contributed by atoms with Gasteiger partial charge in [0, 0.05) is 19.2 Å². The molecule has 0 radical (unpaired) electrons. The first-order valence-electron chi connectivity index (χ1n) is 5.85. The number of carbonyl (C=O) groups excluding carboxylic acids is 3. The molecule has 0 spiro atoms. The molecule has 1 aromatic rings. The number of Topliss-reactive ketones (excluding diaryl/α,β-unsaturated/α-hetero) is 1. The number of nitrogens with zero attached hydrogens (tertiary/aromatic N) is 1. The highest BCUT2D eigenvalue weighted by Gasteiger charge is 2.23. The minimum Gasteiger partial charge on any atom is -0.344 e. The van der Waals surface area contributed by atoms with Gasteiger partial charge in [-0.1, -0.05) is 13.8 Å². The van der Waals surface area contributed by atoms with Crippen LogP contribution < -0.4 is 10.6 Å². The number of ketones is 1. The highest BCUT2D eigenvalue weighted by Crippen LogP contribution is 2.16. The third kappa shape index (κ3) is 4.44. The lowest BCUT2D eigenvalue weighted by Crippen LogP contribution is -2.46. The molecule has 0 aromatic carbocycles. The number of hydrogen-bond acceptors (Lipinski definition) is 5. The molecular weight excluding hydrogens is 266 g/mol. The number of rotatable bonds is 5. The van der Waals surface area contributed by atoms with Crippen molar-refractivity contribution in [3.05, 3.63) is 11.1 Å². The molecule has 2 N–H and O–H groups in total. The van der Waals surface area contributed by atoms with Crippen molar-refractivity contribution in [1.29, 1.82) is 0 Å². The first kappa shape index (κ1) is 15.3. The Morgan fingerprint density at radius 2 is 1.89 bits per heavy atom. The molecular formula is C12H17N3O3S. The van der Waals surface area contributed by atoms with Crippen molar-refractivity contribution >= 4 is 34.1 Å². The second-order valence-corrected chi connectivity index (χ2v) is 5.36. The molecule has 104 valence electrons. The molecule has 1 aromatic heterocycles. The van der Waals surface area contributed by atoms with E-state index in [4.69, 9.17) is 0 Å². The molecule has 0 aliphatic rings. The number of carbonyl (C=O) groups is 3. The maximum absolute atomic E-state index is 12.0. The zero-order valence-electron chi connectivity index (χ0n) is 11.3. The summed E-state index contributed by atoms with van der Waals surface area (Å²) in [5.41, 5.74) is 0.320. The molecule has 0 aliphatic heterocycles. The largest absolute Gasteiger partial charge is 0.344 e. The molecule has 0 aliphatic carbocycles. The summed E-state index contributed by atoms with van der Waals surface area (Å²) >= 11 is 1.18. The van der Waals surface area contributed by atoms with Crippen molar-refractivity contribution in [1.82, 2.24) is 10.3 Å². The van der Waals surface area contributed by atoms with Gasteiger partial charge >= 0.3 is 0 Å². The summed E-state index contributed by atoms with van der Waals surface area (Å²) in [6.45, 7) is 6.45. The molecule has 1 heterocycles. The molecule has 1 unspecified atom stereocenters. The van der Waals surface area contributed by atoms with E-state index < -0.39 is 6.04 Å². The van der Waals surface area contributed by atoms with E-state index in [-0.39, 0.29) is 23.5 Å². The summed E-state index contributed by atoms with van der Waals surface area (Å²) in [4.78, 5) is 38.2. The molecule has 0 fully saturated rings. The lowest BCUT2D eigenvalue weighted by Gasteiger charge is -2.20. The zero-order valence-corrected chi connectivity index (χ0v) is 12.1. The average Bonchev–Trinajstić information content (AvgIpc) is 2.73. The van der Waals surface area contributed by atoms with Gasteiger partial charge in [-0.3, -0.25) is 14.4 Å². The van der Waals surface area contributed by atoms with Gasteiger partial charge in [0.2, 0.25) is 11.8 Å². The second kappa shape index (κ2) is 6.42. The Kier molecular flexibility index (Phi) is 5.17. The van der Waals surface area contributed by atoms with Crippen LogP contribution in [0.3, 0.4) is 0 Å². The van der Waals surface area contributed by atoms with Crippen LogP contribution in [0, 0.1) is 5.92 Å². The number of hydrogen-bond donors (Lipinski definition) is 2. The molecule has 6 nitrogen and oxygen atoms in total. The van der Waals surface area contributed by atoms with Gasteiger partial charge in [-0.25, -0.2) is 4.98 Å². The Balaban J connectivity index is 2.75. The van der Waals surface area contributed by atoms with Gasteiger partial charge in [0.05, 0.1) is 0 Å². The van der Waals surface area contributed by atoms with E-state index in [0.717, 1.165) is 0 Å². The van der Waals surface area contributed by atoms with Crippen LogP contribution in [0.4, 0.5) is 5.13 Å². The van der Waals surface area contributed by atoms with Crippen LogP contribution in [0.25, 0.3) is 0 Å². The van der Waals surface area contributed by atoms with Gasteiger partial charge in [0.25, 0.3) is 0 Å². The van der Waals surface area contributed by atoms with Crippen LogP contribution in [0.15, 0.2) is 5.38 Å². The van der Waals surface area contributed by atoms with Crippen molar-refractivity contribution in [3.63, 3.8) is 0 Å². The van der Waals surface area contributed by atoms with E-state index in [1.807, 2.05) is 13.8 Å². The van der Waals surface area contributed by atoms with Gasteiger partial charge < -0.3 is 10.6 Å². The minimum atomic E-state index is -0.623. The molecule has 7 heteroatoms. The Hall–Kier alpha value is -1.76. The van der Waals surface area contributed by atoms with E-state index in [0.29, 0.717) is 10.8 Å². The molecule has 0 saturated heterocycles. The maximum Gasteiger partial charge on any atom is 0.248 e. The molecule has 1 rings (SSSR count). The number of amides is 2. The van der Waals surface area contributed by atoms with Crippen molar-refractivity contribution < 1.29 is 14.4 Å². The SMILES string of the molecule is CC(=O)NC(C(=O)Nc1nc(C(C)=O)cs1)C(C)C. The Labute approximate surface area is 115 Å². The summed E-state index contributed by atoms with van der Waals surface area (Å²) in [6, 6.07) is -0.623. The van der Waals surface area contributed by atoms with E-state index in [1.165, 1.54) is 25.2 Å². The summed E-state index contributed by atoms with van der Waals surface area (Å²) in [5.74, 6) is -0.803. The van der Waals surface area contributed by atoms with Crippen LogP contribution in [0.2, 0.25) is 0 Å². The summed E-state index contributed by atoms with van der Waals surface area (Å²) in [6.07, 6.45) is 0. The number of nitrogens with one attached hydrogen (secondary N) is 2. The predicted molar refractivity (Wildman–Crippen MR) is 73.2 cm³/mol. The van der Waals surface area contributed by atoms with Crippen molar-refractivity contribution in [3.8, 4) is 0 Å². The smallest absolute Gasteiger partial charge is 0.248 e. The third-order valence-corrected chi connectivity index (χ3v) is 3.16. The standard InChI is InChI=1S/C12H17N3O3S/c1-6(2)10(13-8(4)17)11(18)15-12-14-9(5-19-12)7(3)16/h5-6,10H,1-4H3,(H,13,17)(H,14,15,18). The average molecular weight is 283 g/mol. The lowest BCUT2D eigenvalue weighted by atomic mass is 10.0. The molecule has 19 heavy (non-hydrogen) atoms. The van der Waals surface area contributed by atoms with E-state index in [9.17, 15) is 14.4 Å². The van der Waals surface area contributed by atoms with Crippen LogP contribution >= 0.6 is 11.3 Å². The van der Waals surface area contributed by atoms with Crippen LogP contribution in [0.5, 0.6) is 0 Å². The Bertz CT molecular complexity index is 496. The first-order chi connectivity index (χ1) is 8.81. The normalized spacial score (nSPS) is 12.1. The molecule has 0 saturated carbocycles. The zero-order chi connectivity index (χ0) is 14.6. The fourth-order valence-corrected chi connectivity index (χ4v) is 2.18. The fourth-order valence-electron chi connectivity index (χ4n) is 1.43. The van der Waals surface area contributed by atoms with Gasteiger partial charge in [-0.05, 0) is 5.92 Å². The van der Waals surface area contributed by atoms with Crippen LogP contribution in [0.1, 0.15) is 38.2 Å². The first-order valence-corrected chi connectivity index (χ1v) is 6.73. The van der Waals surface area contributed by atoms with E-state index in [2.05, 4.69) is 15.6 Å². The van der Waals surface area contributed by atoms with Gasteiger partial charge in [-0.15, -0.1) is 11.3 Å². The fraction of sp³-hybridized carbons (Fsp3) is 0.500. The third-order valence-electron chi connectivity index (χ3n) is 2.40.